The monoisotopic (exact) mass is 438 g/mol. The minimum atomic E-state index is -0.256. The summed E-state index contributed by atoms with van der Waals surface area (Å²) < 4.78 is 12.3. The molecule has 0 aliphatic heterocycles. The van der Waals surface area contributed by atoms with Crippen molar-refractivity contribution in [2.45, 2.75) is 13.5 Å². The molecule has 0 aliphatic carbocycles. The van der Waals surface area contributed by atoms with E-state index in [1.54, 1.807) is 25.3 Å². The molecule has 3 aromatic carbocycles. The number of nitrogens with one attached hydrogen (secondary N) is 1. The first-order valence-electron chi connectivity index (χ1n) is 9.25. The van der Waals surface area contributed by atoms with Gasteiger partial charge in [0.15, 0.2) is 16.6 Å². The van der Waals surface area contributed by atoms with Crippen LogP contribution < -0.4 is 14.8 Å². The van der Waals surface area contributed by atoms with E-state index in [9.17, 15) is 4.79 Å². The zero-order valence-corrected chi connectivity index (χ0v) is 18.0. The molecular weight excluding hydrogens is 420 g/mol. The first-order valence-corrected chi connectivity index (χ1v) is 10.4. The molecule has 0 spiro atoms. The van der Waals surface area contributed by atoms with Gasteiger partial charge in [0, 0.05) is 10.6 Å². The summed E-state index contributed by atoms with van der Waals surface area (Å²) in [5.74, 6) is 0.782. The van der Waals surface area contributed by atoms with Gasteiger partial charge in [-0.25, -0.2) is 4.98 Å². The third-order valence-electron chi connectivity index (χ3n) is 4.50. The Morgan fingerprint density at radius 3 is 2.63 bits per heavy atom. The van der Waals surface area contributed by atoms with Crippen molar-refractivity contribution in [3.63, 3.8) is 0 Å². The highest BCUT2D eigenvalue weighted by Gasteiger charge is 2.14. The van der Waals surface area contributed by atoms with Crippen molar-refractivity contribution in [1.82, 2.24) is 4.98 Å². The maximum absolute atomic E-state index is 12.7. The van der Waals surface area contributed by atoms with E-state index in [-0.39, 0.29) is 5.91 Å². The molecule has 0 saturated heterocycles. The van der Waals surface area contributed by atoms with Gasteiger partial charge in [-0.15, -0.1) is 0 Å². The van der Waals surface area contributed by atoms with Crippen LogP contribution in [0, 0.1) is 6.92 Å². The number of hydrogen-bond acceptors (Lipinski definition) is 5. The summed E-state index contributed by atoms with van der Waals surface area (Å²) in [4.78, 5) is 17.2. The lowest BCUT2D eigenvalue weighted by molar-refractivity contribution is 0.102. The maximum Gasteiger partial charge on any atom is 0.257 e. The average molecular weight is 439 g/mol. The highest BCUT2D eigenvalue weighted by Crippen LogP contribution is 2.30. The molecule has 1 heterocycles. The number of hydrogen-bond donors (Lipinski definition) is 1. The van der Waals surface area contributed by atoms with Crippen LogP contribution in [0.4, 0.5) is 5.13 Å². The van der Waals surface area contributed by atoms with E-state index in [1.807, 2.05) is 43.3 Å². The van der Waals surface area contributed by atoms with Gasteiger partial charge >= 0.3 is 0 Å². The molecule has 7 heteroatoms. The van der Waals surface area contributed by atoms with E-state index in [2.05, 4.69) is 16.4 Å². The lowest BCUT2D eigenvalue weighted by Gasteiger charge is -2.12. The molecule has 0 aliphatic rings. The Labute approximate surface area is 183 Å². The smallest absolute Gasteiger partial charge is 0.257 e. The standard InChI is InChI=1S/C23H19ClN2O3S/c1-14-3-9-18-21(11-14)30-23(25-18)26-22(27)16-6-10-19(20(12-16)28-2)29-13-15-4-7-17(24)8-5-15/h3-12H,13H2,1-2H3,(H,25,26,27). The van der Waals surface area contributed by atoms with E-state index >= 15 is 0 Å². The molecule has 0 atom stereocenters. The molecule has 152 valence electrons. The van der Waals surface area contributed by atoms with Crippen LogP contribution in [-0.4, -0.2) is 18.0 Å². The average Bonchev–Trinajstić information content (AvgIpc) is 3.14. The zero-order valence-electron chi connectivity index (χ0n) is 16.4. The van der Waals surface area contributed by atoms with Crippen molar-refractivity contribution in [3.05, 3.63) is 82.4 Å². The summed E-state index contributed by atoms with van der Waals surface area (Å²) in [5, 5.41) is 4.09. The number of fused-ring (bicyclic) bond motifs is 1. The molecule has 4 aromatic rings. The summed E-state index contributed by atoms with van der Waals surface area (Å²) in [5.41, 5.74) is 3.46. The number of aryl methyl sites for hydroxylation is 1. The normalized spacial score (nSPS) is 10.8. The number of methoxy groups -OCH3 is 1. The van der Waals surface area contributed by atoms with Gasteiger partial charge in [-0.2, -0.15) is 0 Å². The first-order chi connectivity index (χ1) is 14.5. The predicted octanol–water partition coefficient (Wildman–Crippen LogP) is 6.10. The summed E-state index contributed by atoms with van der Waals surface area (Å²) in [6, 6.07) is 18.5. The van der Waals surface area contributed by atoms with Crippen molar-refractivity contribution >= 4 is 44.2 Å². The Kier molecular flexibility index (Phi) is 5.88. The van der Waals surface area contributed by atoms with Gasteiger partial charge in [-0.3, -0.25) is 10.1 Å². The van der Waals surface area contributed by atoms with Crippen LogP contribution >= 0.6 is 22.9 Å². The Balaban J connectivity index is 1.47. The molecule has 1 aromatic heterocycles. The number of anilines is 1. The molecule has 4 rings (SSSR count). The topological polar surface area (TPSA) is 60.5 Å². The molecule has 5 nitrogen and oxygen atoms in total. The van der Waals surface area contributed by atoms with E-state index < -0.39 is 0 Å². The minimum Gasteiger partial charge on any atom is -0.493 e. The second-order valence-corrected chi connectivity index (χ2v) is 8.19. The molecule has 0 unspecified atom stereocenters. The number of thiazole rings is 1. The molecule has 0 fully saturated rings. The van der Waals surface area contributed by atoms with Crippen LogP contribution in [0.2, 0.25) is 5.02 Å². The lowest BCUT2D eigenvalue weighted by atomic mass is 10.2. The third kappa shape index (κ3) is 4.56. The fourth-order valence-electron chi connectivity index (χ4n) is 2.92. The highest BCUT2D eigenvalue weighted by molar-refractivity contribution is 7.22. The van der Waals surface area contributed by atoms with Crippen molar-refractivity contribution < 1.29 is 14.3 Å². The van der Waals surface area contributed by atoms with Gasteiger partial charge in [-0.1, -0.05) is 41.1 Å². The van der Waals surface area contributed by atoms with Crippen LogP contribution in [0.25, 0.3) is 10.2 Å². The summed E-state index contributed by atoms with van der Waals surface area (Å²) in [6.45, 7) is 2.39. The number of amides is 1. The lowest BCUT2D eigenvalue weighted by Crippen LogP contribution is -2.12. The Morgan fingerprint density at radius 1 is 1.07 bits per heavy atom. The maximum atomic E-state index is 12.7. The van der Waals surface area contributed by atoms with Crippen LogP contribution in [0.3, 0.4) is 0 Å². The number of aromatic nitrogens is 1. The zero-order chi connectivity index (χ0) is 21.1. The molecule has 0 saturated carbocycles. The van der Waals surface area contributed by atoms with Gasteiger partial charge in [-0.05, 0) is 60.5 Å². The predicted molar refractivity (Wildman–Crippen MR) is 121 cm³/mol. The second kappa shape index (κ2) is 8.73. The molecule has 0 radical (unpaired) electrons. The molecule has 0 bridgehead atoms. The van der Waals surface area contributed by atoms with Crippen molar-refractivity contribution in [2.75, 3.05) is 12.4 Å². The van der Waals surface area contributed by atoms with Crippen LogP contribution in [0.15, 0.2) is 60.7 Å². The molecule has 1 amide bonds. The van der Waals surface area contributed by atoms with E-state index in [0.29, 0.717) is 33.8 Å². The highest BCUT2D eigenvalue weighted by atomic mass is 35.5. The molecule has 30 heavy (non-hydrogen) atoms. The third-order valence-corrected chi connectivity index (χ3v) is 5.68. The summed E-state index contributed by atoms with van der Waals surface area (Å²) >= 11 is 7.35. The number of carbonyl (C=O) groups is 1. The second-order valence-electron chi connectivity index (χ2n) is 6.73. The Hall–Kier alpha value is -3.09. The van der Waals surface area contributed by atoms with Crippen molar-refractivity contribution in [3.8, 4) is 11.5 Å². The van der Waals surface area contributed by atoms with Crippen LogP contribution in [-0.2, 0) is 6.61 Å². The van der Waals surface area contributed by atoms with Crippen molar-refractivity contribution in [2.24, 2.45) is 0 Å². The summed E-state index contributed by atoms with van der Waals surface area (Å²) in [6.07, 6.45) is 0. The molecular formula is C23H19ClN2O3S. The number of halogens is 1. The number of rotatable bonds is 6. The van der Waals surface area contributed by atoms with E-state index in [0.717, 1.165) is 21.3 Å². The number of nitrogens with zero attached hydrogens (tertiary/aromatic N) is 1. The van der Waals surface area contributed by atoms with E-state index in [4.69, 9.17) is 21.1 Å². The number of ether oxygens (including phenoxy) is 2. The van der Waals surface area contributed by atoms with Gasteiger partial charge in [0.05, 0.1) is 17.3 Å². The van der Waals surface area contributed by atoms with Gasteiger partial charge in [0.2, 0.25) is 0 Å². The van der Waals surface area contributed by atoms with E-state index in [1.165, 1.54) is 11.3 Å². The SMILES string of the molecule is COc1cc(C(=O)Nc2nc3ccc(C)cc3s2)ccc1OCc1ccc(Cl)cc1. The Bertz CT molecular complexity index is 1210. The minimum absolute atomic E-state index is 0.256. The van der Waals surface area contributed by atoms with Gasteiger partial charge < -0.3 is 9.47 Å². The van der Waals surface area contributed by atoms with Crippen molar-refractivity contribution in [1.29, 1.82) is 0 Å². The fraction of sp³-hybridized carbons (Fsp3) is 0.130. The first kappa shape index (κ1) is 20.2. The molecule has 1 N–H and O–H groups in total. The van der Waals surface area contributed by atoms with Gasteiger partial charge in [0.1, 0.15) is 6.61 Å². The number of benzene rings is 3. The van der Waals surface area contributed by atoms with Crippen LogP contribution in [0.5, 0.6) is 11.5 Å². The number of carbonyl (C=O) groups excluding carboxylic acids is 1. The fourth-order valence-corrected chi connectivity index (χ4v) is 4.01. The summed E-state index contributed by atoms with van der Waals surface area (Å²) in [7, 11) is 1.54. The van der Waals surface area contributed by atoms with Crippen LogP contribution in [0.1, 0.15) is 21.5 Å². The Morgan fingerprint density at radius 2 is 1.87 bits per heavy atom. The quantitative estimate of drug-likeness (QED) is 0.395. The largest absolute Gasteiger partial charge is 0.493 e. The van der Waals surface area contributed by atoms with Gasteiger partial charge in [0.25, 0.3) is 5.91 Å².